The van der Waals surface area contributed by atoms with Gasteiger partial charge in [0.05, 0.1) is 12.7 Å². The molecule has 2 aromatic rings. The minimum absolute atomic E-state index is 0.465. The molecule has 21 heavy (non-hydrogen) atoms. The number of methoxy groups -OCH3 is 1. The molecule has 0 aliphatic rings. The first-order valence-corrected chi connectivity index (χ1v) is 7.34. The van der Waals surface area contributed by atoms with Crippen LogP contribution in [0.25, 0.3) is 11.1 Å². The summed E-state index contributed by atoms with van der Waals surface area (Å²) in [4.78, 5) is 0. The van der Waals surface area contributed by atoms with Crippen molar-refractivity contribution < 1.29 is 9.84 Å². The fourth-order valence-electron chi connectivity index (χ4n) is 2.38. The lowest BCUT2D eigenvalue weighted by Gasteiger charge is -2.19. The molecule has 0 atom stereocenters. The van der Waals surface area contributed by atoms with Crippen molar-refractivity contribution in [2.45, 2.75) is 39.2 Å². The van der Waals surface area contributed by atoms with Crippen LogP contribution < -0.4 is 4.74 Å². The maximum atomic E-state index is 10.2. The second-order valence-corrected chi connectivity index (χ2v) is 6.25. The highest BCUT2D eigenvalue weighted by Gasteiger charge is 2.17. The fraction of sp³-hybridized carbons (Fsp3) is 0.368. The van der Waals surface area contributed by atoms with Crippen LogP contribution in [0, 0.1) is 0 Å². The van der Waals surface area contributed by atoms with Gasteiger partial charge in [0.1, 0.15) is 5.75 Å². The molecule has 0 heterocycles. The lowest BCUT2D eigenvalue weighted by atomic mass is 9.92. The van der Waals surface area contributed by atoms with Gasteiger partial charge in [-0.15, -0.1) is 0 Å². The van der Waals surface area contributed by atoms with Crippen LogP contribution in [0.15, 0.2) is 42.5 Å². The molecule has 2 nitrogen and oxygen atoms in total. The average molecular weight is 284 g/mol. The van der Waals surface area contributed by atoms with Crippen LogP contribution in [-0.2, 0) is 5.60 Å². The second-order valence-electron chi connectivity index (χ2n) is 6.25. The molecule has 1 N–H and O–H groups in total. The van der Waals surface area contributed by atoms with Crippen LogP contribution in [0.3, 0.4) is 0 Å². The standard InChI is InChI=1S/C19H24O2/c1-13(2)14-9-10-18(21-5)17(12-14)15-7-6-8-16(11-15)19(3,4)20/h6-13,20H,1-5H3. The lowest BCUT2D eigenvalue weighted by Crippen LogP contribution is -2.15. The van der Waals surface area contributed by atoms with Gasteiger partial charge in [-0.2, -0.15) is 0 Å². The van der Waals surface area contributed by atoms with Gasteiger partial charge in [0.2, 0.25) is 0 Å². The SMILES string of the molecule is COc1ccc(C(C)C)cc1-c1cccc(C(C)(C)O)c1. The van der Waals surface area contributed by atoms with Crippen molar-refractivity contribution in [3.05, 3.63) is 53.6 Å². The molecule has 0 aliphatic heterocycles. The van der Waals surface area contributed by atoms with Gasteiger partial charge in [-0.05, 0) is 54.7 Å². The Balaban J connectivity index is 2.57. The maximum absolute atomic E-state index is 10.2. The Hall–Kier alpha value is -1.80. The maximum Gasteiger partial charge on any atom is 0.126 e. The predicted octanol–water partition coefficient (Wildman–Crippen LogP) is 4.71. The summed E-state index contributed by atoms with van der Waals surface area (Å²) in [5.41, 5.74) is 3.46. The second kappa shape index (κ2) is 5.90. The molecular formula is C19H24O2. The molecule has 0 aromatic heterocycles. The number of rotatable bonds is 4. The highest BCUT2D eigenvalue weighted by Crippen LogP contribution is 2.34. The third kappa shape index (κ3) is 3.45. The van der Waals surface area contributed by atoms with E-state index in [0.29, 0.717) is 5.92 Å². The summed E-state index contributed by atoms with van der Waals surface area (Å²) in [6.45, 7) is 7.96. The first kappa shape index (κ1) is 15.6. The van der Waals surface area contributed by atoms with Crippen molar-refractivity contribution in [3.63, 3.8) is 0 Å². The van der Waals surface area contributed by atoms with Crippen LogP contribution >= 0.6 is 0 Å². The number of hydrogen-bond acceptors (Lipinski definition) is 2. The fourth-order valence-corrected chi connectivity index (χ4v) is 2.38. The molecule has 0 saturated carbocycles. The van der Waals surface area contributed by atoms with Gasteiger partial charge in [-0.1, -0.05) is 38.1 Å². The van der Waals surface area contributed by atoms with Crippen molar-refractivity contribution in [3.8, 4) is 16.9 Å². The normalized spacial score (nSPS) is 11.8. The minimum Gasteiger partial charge on any atom is -0.496 e. The number of ether oxygens (including phenoxy) is 1. The molecule has 0 radical (unpaired) electrons. The molecule has 2 heteroatoms. The largest absolute Gasteiger partial charge is 0.496 e. The molecule has 0 amide bonds. The molecule has 2 aromatic carbocycles. The van der Waals surface area contributed by atoms with E-state index in [1.54, 1.807) is 21.0 Å². The van der Waals surface area contributed by atoms with E-state index in [2.05, 4.69) is 32.0 Å². The Bertz CT molecular complexity index is 622. The zero-order valence-corrected chi connectivity index (χ0v) is 13.5. The first-order valence-electron chi connectivity index (χ1n) is 7.34. The zero-order valence-electron chi connectivity index (χ0n) is 13.5. The molecule has 0 spiro atoms. The minimum atomic E-state index is -0.848. The zero-order chi connectivity index (χ0) is 15.6. The van der Waals surface area contributed by atoms with Gasteiger partial charge in [-0.3, -0.25) is 0 Å². The molecule has 0 aliphatic carbocycles. The van der Waals surface area contributed by atoms with E-state index in [4.69, 9.17) is 4.74 Å². The average Bonchev–Trinajstić information content (AvgIpc) is 2.45. The summed E-state index contributed by atoms with van der Waals surface area (Å²) >= 11 is 0. The van der Waals surface area contributed by atoms with Gasteiger partial charge in [0.25, 0.3) is 0 Å². The third-order valence-electron chi connectivity index (χ3n) is 3.77. The van der Waals surface area contributed by atoms with Crippen molar-refractivity contribution >= 4 is 0 Å². The summed E-state index contributed by atoms with van der Waals surface area (Å²) < 4.78 is 5.50. The molecule has 0 saturated heterocycles. The third-order valence-corrected chi connectivity index (χ3v) is 3.77. The van der Waals surface area contributed by atoms with Gasteiger partial charge >= 0.3 is 0 Å². The number of benzene rings is 2. The van der Waals surface area contributed by atoms with E-state index in [1.807, 2.05) is 24.3 Å². The van der Waals surface area contributed by atoms with E-state index in [0.717, 1.165) is 22.4 Å². The smallest absolute Gasteiger partial charge is 0.126 e. The van der Waals surface area contributed by atoms with Crippen molar-refractivity contribution in [1.82, 2.24) is 0 Å². The Labute approximate surface area is 127 Å². The van der Waals surface area contributed by atoms with Gasteiger partial charge in [-0.25, -0.2) is 0 Å². The molecular weight excluding hydrogens is 260 g/mol. The summed E-state index contributed by atoms with van der Waals surface area (Å²) in [5.74, 6) is 1.32. The van der Waals surface area contributed by atoms with Gasteiger partial charge < -0.3 is 9.84 Å². The van der Waals surface area contributed by atoms with E-state index in [9.17, 15) is 5.11 Å². The number of hydrogen-bond donors (Lipinski definition) is 1. The Morgan fingerprint density at radius 3 is 2.33 bits per heavy atom. The van der Waals surface area contributed by atoms with Crippen LogP contribution in [0.5, 0.6) is 5.75 Å². The molecule has 0 fully saturated rings. The Kier molecular flexibility index (Phi) is 4.38. The Morgan fingerprint density at radius 2 is 1.76 bits per heavy atom. The van der Waals surface area contributed by atoms with E-state index >= 15 is 0 Å². The monoisotopic (exact) mass is 284 g/mol. The molecule has 0 unspecified atom stereocenters. The van der Waals surface area contributed by atoms with Crippen molar-refractivity contribution in [2.75, 3.05) is 7.11 Å². The quantitative estimate of drug-likeness (QED) is 0.880. The highest BCUT2D eigenvalue weighted by molar-refractivity contribution is 5.72. The Morgan fingerprint density at radius 1 is 1.05 bits per heavy atom. The topological polar surface area (TPSA) is 29.5 Å². The van der Waals surface area contributed by atoms with Crippen molar-refractivity contribution in [2.24, 2.45) is 0 Å². The van der Waals surface area contributed by atoms with Gasteiger partial charge in [0, 0.05) is 5.56 Å². The van der Waals surface area contributed by atoms with Crippen LogP contribution in [0.4, 0.5) is 0 Å². The van der Waals surface area contributed by atoms with E-state index in [1.165, 1.54) is 5.56 Å². The molecule has 0 bridgehead atoms. The van der Waals surface area contributed by atoms with Gasteiger partial charge in [0.15, 0.2) is 0 Å². The lowest BCUT2D eigenvalue weighted by molar-refractivity contribution is 0.0786. The van der Waals surface area contributed by atoms with Crippen LogP contribution in [0.2, 0.25) is 0 Å². The van der Waals surface area contributed by atoms with Crippen molar-refractivity contribution in [1.29, 1.82) is 0 Å². The summed E-state index contributed by atoms with van der Waals surface area (Å²) in [6.07, 6.45) is 0. The van der Waals surface area contributed by atoms with E-state index in [-0.39, 0.29) is 0 Å². The molecule has 112 valence electrons. The highest BCUT2D eigenvalue weighted by atomic mass is 16.5. The van der Waals surface area contributed by atoms with Crippen LogP contribution in [0.1, 0.15) is 44.7 Å². The summed E-state index contributed by atoms with van der Waals surface area (Å²) in [7, 11) is 1.69. The number of aliphatic hydroxyl groups is 1. The summed E-state index contributed by atoms with van der Waals surface area (Å²) in [5, 5.41) is 10.2. The summed E-state index contributed by atoms with van der Waals surface area (Å²) in [6, 6.07) is 14.3. The van der Waals surface area contributed by atoms with E-state index < -0.39 is 5.60 Å². The van der Waals surface area contributed by atoms with Crippen LogP contribution in [-0.4, -0.2) is 12.2 Å². The molecule has 2 rings (SSSR count). The predicted molar refractivity (Wildman–Crippen MR) is 87.8 cm³/mol. The first-order chi connectivity index (χ1) is 9.82.